The number of hydrogen-bond donors (Lipinski definition) is 0. The molecule has 0 aliphatic rings. The number of aromatic nitrogens is 1. The molecule has 0 radical (unpaired) electrons. The predicted molar refractivity (Wildman–Crippen MR) is 87.5 cm³/mol. The van der Waals surface area contributed by atoms with E-state index in [0.717, 1.165) is 22.0 Å². The van der Waals surface area contributed by atoms with Crippen molar-refractivity contribution in [1.82, 2.24) is 4.98 Å². The standard InChI is InChI=1S/C16H13NO3S2/c1-19-13-6-4-11(5-7-13)15-17-12(10-22-15)9-20-16(18)14-3-2-8-21-14/h2-8,10H,9H2,1H3. The van der Waals surface area contributed by atoms with Crippen molar-refractivity contribution in [3.05, 3.63) is 57.7 Å². The molecule has 3 aromatic rings. The van der Waals surface area contributed by atoms with Gasteiger partial charge in [0.05, 0.1) is 12.8 Å². The van der Waals surface area contributed by atoms with Gasteiger partial charge in [0.15, 0.2) is 0 Å². The van der Waals surface area contributed by atoms with Crippen LogP contribution in [0.25, 0.3) is 10.6 Å². The normalized spacial score (nSPS) is 10.4. The minimum absolute atomic E-state index is 0.184. The molecule has 3 rings (SSSR count). The Balaban J connectivity index is 1.64. The Morgan fingerprint density at radius 2 is 2.00 bits per heavy atom. The van der Waals surface area contributed by atoms with Gasteiger partial charge in [-0.3, -0.25) is 0 Å². The van der Waals surface area contributed by atoms with Crippen LogP contribution in [0.4, 0.5) is 0 Å². The predicted octanol–water partition coefficient (Wildman–Crippen LogP) is 4.24. The monoisotopic (exact) mass is 331 g/mol. The van der Waals surface area contributed by atoms with Crippen molar-refractivity contribution in [3.8, 4) is 16.3 Å². The van der Waals surface area contributed by atoms with Crippen LogP contribution in [0.2, 0.25) is 0 Å². The molecule has 0 bridgehead atoms. The lowest BCUT2D eigenvalue weighted by Crippen LogP contribution is -2.03. The zero-order valence-corrected chi connectivity index (χ0v) is 13.4. The Hall–Kier alpha value is -2.18. The molecule has 4 nitrogen and oxygen atoms in total. The molecule has 0 saturated carbocycles. The van der Waals surface area contributed by atoms with Gasteiger partial charge in [0.1, 0.15) is 22.2 Å². The van der Waals surface area contributed by atoms with E-state index in [1.807, 2.05) is 41.1 Å². The molecule has 0 fully saturated rings. The SMILES string of the molecule is COc1ccc(-c2nc(COC(=O)c3cccs3)cs2)cc1. The fourth-order valence-corrected chi connectivity index (χ4v) is 3.27. The Kier molecular flexibility index (Phi) is 4.50. The maximum absolute atomic E-state index is 11.8. The highest BCUT2D eigenvalue weighted by molar-refractivity contribution is 7.13. The quantitative estimate of drug-likeness (QED) is 0.656. The average Bonchev–Trinajstić information content (AvgIpc) is 3.24. The summed E-state index contributed by atoms with van der Waals surface area (Å²) in [6, 6.07) is 11.3. The maximum atomic E-state index is 11.8. The molecule has 0 spiro atoms. The Bertz CT molecular complexity index is 748. The topological polar surface area (TPSA) is 48.4 Å². The zero-order valence-electron chi connectivity index (χ0n) is 11.8. The number of carbonyl (C=O) groups is 1. The summed E-state index contributed by atoms with van der Waals surface area (Å²) in [6.07, 6.45) is 0. The average molecular weight is 331 g/mol. The van der Waals surface area contributed by atoms with Gasteiger partial charge in [-0.2, -0.15) is 0 Å². The zero-order chi connectivity index (χ0) is 15.4. The van der Waals surface area contributed by atoms with E-state index in [1.165, 1.54) is 22.7 Å². The van der Waals surface area contributed by atoms with Gasteiger partial charge in [-0.15, -0.1) is 22.7 Å². The van der Waals surface area contributed by atoms with Gasteiger partial charge in [-0.25, -0.2) is 9.78 Å². The summed E-state index contributed by atoms with van der Waals surface area (Å²) in [5, 5.41) is 4.65. The third-order valence-corrected chi connectivity index (χ3v) is 4.75. The Labute approximate surface area is 136 Å². The molecule has 1 aromatic carbocycles. The molecule has 0 amide bonds. The lowest BCUT2D eigenvalue weighted by Gasteiger charge is -2.01. The van der Waals surface area contributed by atoms with Gasteiger partial charge >= 0.3 is 5.97 Å². The molecule has 2 aromatic heterocycles. The number of thiophene rings is 1. The summed E-state index contributed by atoms with van der Waals surface area (Å²) in [5.41, 5.74) is 1.77. The molecule has 2 heterocycles. The summed E-state index contributed by atoms with van der Waals surface area (Å²) in [7, 11) is 1.64. The van der Waals surface area contributed by atoms with E-state index in [-0.39, 0.29) is 12.6 Å². The molecule has 6 heteroatoms. The molecule has 0 aliphatic carbocycles. The van der Waals surface area contributed by atoms with Crippen LogP contribution in [0, 0.1) is 0 Å². The van der Waals surface area contributed by atoms with E-state index in [9.17, 15) is 4.79 Å². The van der Waals surface area contributed by atoms with E-state index in [0.29, 0.717) is 4.88 Å². The van der Waals surface area contributed by atoms with Gasteiger partial charge in [-0.1, -0.05) is 6.07 Å². The first-order valence-corrected chi connectivity index (χ1v) is 8.31. The van der Waals surface area contributed by atoms with Gasteiger partial charge < -0.3 is 9.47 Å². The van der Waals surface area contributed by atoms with Crippen molar-refractivity contribution in [2.24, 2.45) is 0 Å². The highest BCUT2D eigenvalue weighted by Crippen LogP contribution is 2.26. The molecule has 0 saturated heterocycles. The number of benzene rings is 1. The summed E-state index contributed by atoms with van der Waals surface area (Å²) in [5.74, 6) is 0.499. The van der Waals surface area contributed by atoms with E-state index in [2.05, 4.69) is 4.98 Å². The van der Waals surface area contributed by atoms with Crippen molar-refractivity contribution < 1.29 is 14.3 Å². The molecular weight excluding hydrogens is 318 g/mol. The minimum Gasteiger partial charge on any atom is -0.497 e. The number of carbonyl (C=O) groups excluding carboxylic acids is 1. The first-order chi connectivity index (χ1) is 10.8. The number of ether oxygens (including phenoxy) is 2. The van der Waals surface area contributed by atoms with Crippen LogP contribution in [0.5, 0.6) is 5.75 Å². The summed E-state index contributed by atoms with van der Waals surface area (Å²) >= 11 is 2.89. The first kappa shape index (κ1) is 14.7. The van der Waals surface area contributed by atoms with Crippen LogP contribution in [-0.4, -0.2) is 18.1 Å². The largest absolute Gasteiger partial charge is 0.497 e. The number of methoxy groups -OCH3 is 1. The van der Waals surface area contributed by atoms with Crippen LogP contribution >= 0.6 is 22.7 Å². The maximum Gasteiger partial charge on any atom is 0.348 e. The number of nitrogens with zero attached hydrogens (tertiary/aromatic N) is 1. The highest BCUT2D eigenvalue weighted by atomic mass is 32.1. The van der Waals surface area contributed by atoms with Gasteiger partial charge in [0.2, 0.25) is 0 Å². The lowest BCUT2D eigenvalue weighted by atomic mass is 10.2. The van der Waals surface area contributed by atoms with Crippen molar-refractivity contribution in [1.29, 1.82) is 0 Å². The van der Waals surface area contributed by atoms with Crippen molar-refractivity contribution in [2.45, 2.75) is 6.61 Å². The van der Waals surface area contributed by atoms with Gasteiger partial charge in [0.25, 0.3) is 0 Å². The lowest BCUT2D eigenvalue weighted by molar-refractivity contribution is 0.0474. The van der Waals surface area contributed by atoms with E-state index in [4.69, 9.17) is 9.47 Å². The van der Waals surface area contributed by atoms with Crippen molar-refractivity contribution in [2.75, 3.05) is 7.11 Å². The molecular formula is C16H13NO3S2. The molecule has 0 N–H and O–H groups in total. The Morgan fingerprint density at radius 3 is 2.68 bits per heavy atom. The fourth-order valence-electron chi connectivity index (χ4n) is 1.84. The third kappa shape index (κ3) is 3.35. The van der Waals surface area contributed by atoms with Crippen LogP contribution in [0.3, 0.4) is 0 Å². The summed E-state index contributed by atoms with van der Waals surface area (Å²) in [6.45, 7) is 0.184. The highest BCUT2D eigenvalue weighted by Gasteiger charge is 2.10. The van der Waals surface area contributed by atoms with Crippen molar-refractivity contribution >= 4 is 28.6 Å². The summed E-state index contributed by atoms with van der Waals surface area (Å²) < 4.78 is 10.4. The Morgan fingerprint density at radius 1 is 1.18 bits per heavy atom. The second kappa shape index (κ2) is 6.72. The van der Waals surface area contributed by atoms with Gasteiger partial charge in [-0.05, 0) is 35.7 Å². The number of thiazole rings is 1. The number of esters is 1. The van der Waals surface area contributed by atoms with Crippen LogP contribution in [0.1, 0.15) is 15.4 Å². The summed E-state index contributed by atoms with van der Waals surface area (Å²) in [4.78, 5) is 16.9. The second-order valence-corrected chi connectivity index (χ2v) is 6.23. The third-order valence-electron chi connectivity index (χ3n) is 2.96. The fraction of sp³-hybridized carbons (Fsp3) is 0.125. The molecule has 22 heavy (non-hydrogen) atoms. The van der Waals surface area contributed by atoms with Crippen LogP contribution in [0.15, 0.2) is 47.2 Å². The van der Waals surface area contributed by atoms with Gasteiger partial charge in [0, 0.05) is 10.9 Å². The molecule has 0 atom stereocenters. The van der Waals surface area contributed by atoms with Crippen LogP contribution in [-0.2, 0) is 11.3 Å². The second-order valence-electron chi connectivity index (χ2n) is 4.43. The van der Waals surface area contributed by atoms with E-state index < -0.39 is 0 Å². The van der Waals surface area contributed by atoms with Crippen LogP contribution < -0.4 is 4.74 Å². The number of hydrogen-bond acceptors (Lipinski definition) is 6. The first-order valence-electron chi connectivity index (χ1n) is 6.56. The van der Waals surface area contributed by atoms with E-state index >= 15 is 0 Å². The molecule has 112 valence electrons. The molecule has 0 unspecified atom stereocenters. The van der Waals surface area contributed by atoms with Crippen molar-refractivity contribution in [3.63, 3.8) is 0 Å². The number of rotatable bonds is 5. The smallest absolute Gasteiger partial charge is 0.348 e. The minimum atomic E-state index is -0.311. The molecule has 0 aliphatic heterocycles. The van der Waals surface area contributed by atoms with E-state index in [1.54, 1.807) is 13.2 Å².